The molecule has 0 saturated heterocycles. The van der Waals surface area contributed by atoms with Crippen molar-refractivity contribution >= 4 is 16.7 Å². The van der Waals surface area contributed by atoms with Gasteiger partial charge in [0, 0.05) is 29.2 Å². The molecule has 0 bridgehead atoms. The van der Waals surface area contributed by atoms with E-state index in [-0.39, 0.29) is 0 Å². The van der Waals surface area contributed by atoms with E-state index in [0.29, 0.717) is 18.7 Å². The summed E-state index contributed by atoms with van der Waals surface area (Å²) in [7, 11) is 0. The van der Waals surface area contributed by atoms with Crippen LogP contribution in [0.15, 0.2) is 71.1 Å². The second-order valence-corrected chi connectivity index (χ2v) is 6.61. The first-order valence-electron chi connectivity index (χ1n) is 9.26. The molecule has 0 fully saturated rings. The average Bonchev–Trinajstić information content (AvgIpc) is 3.07. The first-order chi connectivity index (χ1) is 13.7. The first kappa shape index (κ1) is 18.0. The maximum Gasteiger partial charge on any atom is 0.136 e. The highest BCUT2D eigenvalue weighted by Gasteiger charge is 2.17. The molecule has 4 nitrogen and oxygen atoms in total. The molecule has 3 aromatic carbocycles. The molecule has 140 valence electrons. The number of nitrogens with one attached hydrogen (secondary N) is 1. The Morgan fingerprint density at radius 2 is 1.86 bits per heavy atom. The fourth-order valence-corrected chi connectivity index (χ4v) is 3.17. The van der Waals surface area contributed by atoms with Crippen molar-refractivity contribution in [3.05, 3.63) is 90.2 Å². The summed E-state index contributed by atoms with van der Waals surface area (Å²) < 4.78 is 11.6. The van der Waals surface area contributed by atoms with Crippen molar-refractivity contribution in [2.45, 2.75) is 19.4 Å². The molecular formula is C24H21NO3. The van der Waals surface area contributed by atoms with E-state index in [1.165, 1.54) is 0 Å². The summed E-state index contributed by atoms with van der Waals surface area (Å²) in [6.07, 6.45) is -0.0939. The normalized spacial score (nSPS) is 11.8. The first-order valence-corrected chi connectivity index (χ1v) is 9.26. The molecule has 0 radical (unpaired) electrons. The minimum absolute atomic E-state index is 0.551. The minimum atomic E-state index is -0.645. The van der Waals surface area contributed by atoms with E-state index in [1.54, 1.807) is 12.1 Å². The van der Waals surface area contributed by atoms with E-state index in [2.05, 4.69) is 17.4 Å². The number of hydrogen-bond donors (Lipinski definition) is 2. The SMILES string of the molecule is Cc1c(C(O)CCNc2ccc(Oc3cc#ccc3)cc2)oc2ccccc12. The van der Waals surface area contributed by atoms with Gasteiger partial charge in [0.15, 0.2) is 0 Å². The number of anilines is 1. The maximum absolute atomic E-state index is 10.5. The number of aliphatic hydroxyl groups is 1. The molecule has 2 N–H and O–H groups in total. The summed E-state index contributed by atoms with van der Waals surface area (Å²) >= 11 is 0. The number of benzene rings is 2. The van der Waals surface area contributed by atoms with Crippen molar-refractivity contribution in [2.75, 3.05) is 11.9 Å². The molecular weight excluding hydrogens is 350 g/mol. The largest absolute Gasteiger partial charge is 0.458 e. The Morgan fingerprint density at radius 1 is 1.04 bits per heavy atom. The molecule has 1 aromatic heterocycles. The molecule has 1 unspecified atom stereocenters. The Bertz CT molecular complexity index is 1040. The summed E-state index contributed by atoms with van der Waals surface area (Å²) in [6.45, 7) is 2.61. The molecule has 1 atom stereocenters. The molecule has 0 aliphatic rings. The zero-order valence-electron chi connectivity index (χ0n) is 15.6. The lowest BCUT2D eigenvalue weighted by molar-refractivity contribution is 0.145. The van der Waals surface area contributed by atoms with Crippen molar-refractivity contribution in [3.8, 4) is 11.5 Å². The van der Waals surface area contributed by atoms with Gasteiger partial charge in [-0.3, -0.25) is 0 Å². The van der Waals surface area contributed by atoms with Crippen molar-refractivity contribution < 1.29 is 14.3 Å². The predicted octanol–water partition coefficient (Wildman–Crippen LogP) is 5.67. The molecule has 0 aliphatic carbocycles. The van der Waals surface area contributed by atoms with Crippen LogP contribution in [0.25, 0.3) is 11.0 Å². The van der Waals surface area contributed by atoms with Gasteiger partial charge in [-0.1, -0.05) is 30.3 Å². The fourth-order valence-electron chi connectivity index (χ4n) is 3.17. The third-order valence-corrected chi connectivity index (χ3v) is 4.65. The Labute approximate surface area is 164 Å². The van der Waals surface area contributed by atoms with Gasteiger partial charge in [0.25, 0.3) is 0 Å². The van der Waals surface area contributed by atoms with Crippen molar-refractivity contribution in [1.29, 1.82) is 0 Å². The van der Waals surface area contributed by atoms with Gasteiger partial charge in [0.1, 0.15) is 28.9 Å². The Hall–Kier alpha value is -3.42. The number of rotatable bonds is 7. The van der Waals surface area contributed by atoms with E-state index in [1.807, 2.05) is 61.5 Å². The number of furan rings is 1. The van der Waals surface area contributed by atoms with Gasteiger partial charge in [-0.05, 0) is 55.8 Å². The molecule has 0 saturated carbocycles. The van der Waals surface area contributed by atoms with Gasteiger partial charge in [0.05, 0.1) is 0 Å². The molecule has 4 heteroatoms. The molecule has 0 amide bonds. The second-order valence-electron chi connectivity index (χ2n) is 6.61. The van der Waals surface area contributed by atoms with Crippen LogP contribution >= 0.6 is 0 Å². The fraction of sp³-hybridized carbons (Fsp3) is 0.167. The molecule has 0 aliphatic heterocycles. The second kappa shape index (κ2) is 8.08. The van der Waals surface area contributed by atoms with E-state index in [0.717, 1.165) is 33.7 Å². The van der Waals surface area contributed by atoms with Crippen LogP contribution in [-0.4, -0.2) is 11.7 Å². The van der Waals surface area contributed by atoms with Crippen molar-refractivity contribution in [1.82, 2.24) is 0 Å². The van der Waals surface area contributed by atoms with E-state index in [4.69, 9.17) is 9.15 Å². The summed E-state index contributed by atoms with van der Waals surface area (Å²) in [5.41, 5.74) is 2.78. The van der Waals surface area contributed by atoms with Gasteiger partial charge in [-0.15, -0.1) is 0 Å². The Balaban J connectivity index is 1.32. The van der Waals surface area contributed by atoms with Crippen LogP contribution < -0.4 is 10.1 Å². The number of hydrogen-bond acceptors (Lipinski definition) is 4. The van der Waals surface area contributed by atoms with E-state index >= 15 is 0 Å². The highest BCUT2D eigenvalue weighted by molar-refractivity contribution is 5.82. The van der Waals surface area contributed by atoms with E-state index < -0.39 is 6.10 Å². The quantitative estimate of drug-likeness (QED) is 0.439. The number of aryl methyl sites for hydroxylation is 1. The summed E-state index contributed by atoms with van der Waals surface area (Å²) in [6, 6.07) is 26.6. The zero-order chi connectivity index (χ0) is 19.3. The van der Waals surface area contributed by atoms with Crippen LogP contribution in [0.3, 0.4) is 0 Å². The van der Waals surface area contributed by atoms with Gasteiger partial charge in [-0.25, -0.2) is 0 Å². The number of fused-ring (bicyclic) bond motifs is 1. The zero-order valence-corrected chi connectivity index (χ0v) is 15.6. The Morgan fingerprint density at radius 3 is 2.61 bits per heavy atom. The molecule has 4 aromatic rings. The van der Waals surface area contributed by atoms with Crippen molar-refractivity contribution in [3.63, 3.8) is 0 Å². The van der Waals surface area contributed by atoms with Gasteiger partial charge >= 0.3 is 0 Å². The lowest BCUT2D eigenvalue weighted by atomic mass is 10.1. The van der Waals surface area contributed by atoms with Gasteiger partial charge in [0.2, 0.25) is 0 Å². The van der Waals surface area contributed by atoms with Crippen LogP contribution in [0.5, 0.6) is 11.5 Å². The van der Waals surface area contributed by atoms with Crippen LogP contribution in [0, 0.1) is 19.1 Å². The van der Waals surface area contributed by atoms with Gasteiger partial charge in [-0.2, -0.15) is 0 Å². The van der Waals surface area contributed by atoms with Gasteiger partial charge < -0.3 is 19.6 Å². The summed E-state index contributed by atoms with van der Waals surface area (Å²) in [5.74, 6) is 2.12. The lowest BCUT2D eigenvalue weighted by Crippen LogP contribution is -2.07. The van der Waals surface area contributed by atoms with Crippen LogP contribution in [0.2, 0.25) is 0 Å². The number of para-hydroxylation sites is 1. The third-order valence-electron chi connectivity index (χ3n) is 4.65. The molecule has 0 spiro atoms. The third kappa shape index (κ3) is 3.95. The summed E-state index contributed by atoms with van der Waals surface area (Å²) in [4.78, 5) is 0. The highest BCUT2D eigenvalue weighted by atomic mass is 16.5. The molecule has 28 heavy (non-hydrogen) atoms. The minimum Gasteiger partial charge on any atom is -0.458 e. The number of aliphatic hydroxyl groups excluding tert-OH is 1. The van der Waals surface area contributed by atoms with Crippen LogP contribution in [0.4, 0.5) is 5.69 Å². The average molecular weight is 371 g/mol. The Kier molecular flexibility index (Phi) is 5.18. The predicted molar refractivity (Wildman–Crippen MR) is 110 cm³/mol. The number of ether oxygens (including phenoxy) is 1. The standard InChI is InChI=1S/C24H21NO3/c1-17-21-9-5-6-10-23(21)28-24(17)22(26)15-16-25-18-11-13-20(14-12-18)27-19-7-3-2-4-8-19/h3,5-14,22,25-26H,15-16H2,1H3. The van der Waals surface area contributed by atoms with Crippen LogP contribution in [-0.2, 0) is 0 Å². The van der Waals surface area contributed by atoms with Crippen molar-refractivity contribution in [2.24, 2.45) is 0 Å². The maximum atomic E-state index is 10.5. The summed E-state index contributed by atoms with van der Waals surface area (Å²) in [5, 5.41) is 14.9. The van der Waals surface area contributed by atoms with Crippen LogP contribution in [0.1, 0.15) is 23.8 Å². The molecule has 1 heterocycles. The topological polar surface area (TPSA) is 54.6 Å². The monoisotopic (exact) mass is 371 g/mol. The highest BCUT2D eigenvalue weighted by Crippen LogP contribution is 2.30. The lowest BCUT2D eigenvalue weighted by Gasteiger charge is -2.11. The smallest absolute Gasteiger partial charge is 0.136 e. The molecule has 4 rings (SSSR count). The van der Waals surface area contributed by atoms with E-state index in [9.17, 15) is 5.11 Å².